The third-order valence-electron chi connectivity index (χ3n) is 1.71. The Bertz CT molecular complexity index is 419. The zero-order chi connectivity index (χ0) is 12.0. The molecule has 0 radical (unpaired) electrons. The lowest BCUT2D eigenvalue weighted by Gasteiger charge is -1.98. The Morgan fingerprint density at radius 3 is 2.44 bits per heavy atom. The van der Waals surface area contributed by atoms with Crippen LogP contribution < -0.4 is 11.5 Å². The van der Waals surface area contributed by atoms with Gasteiger partial charge in [0.15, 0.2) is 0 Å². The summed E-state index contributed by atoms with van der Waals surface area (Å²) in [5, 5.41) is 7.08. The molecule has 0 bridgehead atoms. The summed E-state index contributed by atoms with van der Waals surface area (Å²) in [6.07, 6.45) is 1.47. The van der Waals surface area contributed by atoms with E-state index >= 15 is 0 Å². The summed E-state index contributed by atoms with van der Waals surface area (Å²) in [6, 6.07) is 6.67. The summed E-state index contributed by atoms with van der Waals surface area (Å²) in [4.78, 5) is 11.1. The summed E-state index contributed by atoms with van der Waals surface area (Å²) in [6.45, 7) is 0. The van der Waals surface area contributed by atoms with Gasteiger partial charge < -0.3 is 16.2 Å². The molecule has 0 saturated carbocycles. The van der Waals surface area contributed by atoms with Gasteiger partial charge in [0, 0.05) is 0 Å². The number of hydrogen-bond acceptors (Lipinski definition) is 4. The number of nitrogens with zero attached hydrogens (tertiary/aromatic N) is 2. The van der Waals surface area contributed by atoms with E-state index in [1.807, 2.05) is 0 Å². The van der Waals surface area contributed by atoms with Gasteiger partial charge in [0.2, 0.25) is 5.96 Å². The lowest BCUT2D eigenvalue weighted by Crippen LogP contribution is -2.21. The Balaban J connectivity index is 2.76. The van der Waals surface area contributed by atoms with Crippen LogP contribution in [0.25, 0.3) is 0 Å². The van der Waals surface area contributed by atoms with E-state index in [9.17, 15) is 4.79 Å². The van der Waals surface area contributed by atoms with Crippen molar-refractivity contribution in [3.8, 4) is 0 Å². The van der Waals surface area contributed by atoms with Crippen molar-refractivity contribution in [2.24, 2.45) is 21.7 Å². The third-order valence-corrected chi connectivity index (χ3v) is 1.71. The fraction of sp³-hybridized carbons (Fsp3) is 0.100. The molecule has 0 saturated heterocycles. The van der Waals surface area contributed by atoms with Crippen LogP contribution in [0.15, 0.2) is 34.5 Å². The van der Waals surface area contributed by atoms with Gasteiger partial charge in [-0.05, 0) is 17.7 Å². The second kappa shape index (κ2) is 5.50. The average molecular weight is 220 g/mol. The number of nitrogens with two attached hydrogens (primary N) is 2. The second-order valence-electron chi connectivity index (χ2n) is 2.88. The quantitative estimate of drug-likeness (QED) is 0.326. The van der Waals surface area contributed by atoms with E-state index in [1.54, 1.807) is 24.3 Å². The van der Waals surface area contributed by atoms with Crippen molar-refractivity contribution in [2.75, 3.05) is 7.11 Å². The number of carbonyl (C=O) groups excluding carboxylic acids is 1. The number of ether oxygens (including phenoxy) is 1. The van der Waals surface area contributed by atoms with E-state index in [1.165, 1.54) is 13.3 Å². The van der Waals surface area contributed by atoms with Crippen molar-refractivity contribution in [3.05, 3.63) is 35.4 Å². The van der Waals surface area contributed by atoms with Crippen molar-refractivity contribution in [1.29, 1.82) is 0 Å². The standard InChI is InChI=1S/C10H12N4O2/c1-16-9(15)8-4-2-7(3-5-8)6-13-14-10(11)12/h2-6H,1H3,(H4,11,12,14)/b13-6+. The van der Waals surface area contributed by atoms with Gasteiger partial charge in [0.25, 0.3) is 0 Å². The third kappa shape index (κ3) is 3.41. The first-order valence-corrected chi connectivity index (χ1v) is 4.44. The Hall–Kier alpha value is -2.37. The molecule has 16 heavy (non-hydrogen) atoms. The monoisotopic (exact) mass is 220 g/mol. The molecule has 0 aromatic heterocycles. The van der Waals surface area contributed by atoms with Crippen LogP contribution in [-0.2, 0) is 4.74 Å². The number of hydrogen-bond donors (Lipinski definition) is 2. The zero-order valence-electron chi connectivity index (χ0n) is 8.75. The van der Waals surface area contributed by atoms with Crippen LogP contribution in [0.4, 0.5) is 0 Å². The molecule has 0 atom stereocenters. The van der Waals surface area contributed by atoms with E-state index in [-0.39, 0.29) is 11.9 Å². The lowest BCUT2D eigenvalue weighted by atomic mass is 10.1. The molecule has 1 aromatic carbocycles. The Kier molecular flexibility index (Phi) is 4.02. The van der Waals surface area contributed by atoms with E-state index in [0.29, 0.717) is 5.56 Å². The first-order valence-electron chi connectivity index (χ1n) is 4.44. The first-order chi connectivity index (χ1) is 7.63. The molecule has 6 heteroatoms. The number of benzene rings is 1. The van der Waals surface area contributed by atoms with Crippen LogP contribution in [0.2, 0.25) is 0 Å². The summed E-state index contributed by atoms with van der Waals surface area (Å²) in [5.41, 5.74) is 11.4. The predicted octanol–water partition coefficient (Wildman–Crippen LogP) is 0.0805. The molecule has 84 valence electrons. The number of methoxy groups -OCH3 is 1. The summed E-state index contributed by atoms with van der Waals surface area (Å²) < 4.78 is 4.56. The molecule has 0 aliphatic rings. The Labute approximate surface area is 92.6 Å². The molecule has 0 spiro atoms. The van der Waals surface area contributed by atoms with E-state index in [2.05, 4.69) is 14.9 Å². The van der Waals surface area contributed by atoms with Gasteiger partial charge in [0.05, 0.1) is 18.9 Å². The highest BCUT2D eigenvalue weighted by Crippen LogP contribution is 2.03. The van der Waals surface area contributed by atoms with Gasteiger partial charge in [-0.25, -0.2) is 4.79 Å². The van der Waals surface area contributed by atoms with Crippen LogP contribution in [-0.4, -0.2) is 25.3 Å². The van der Waals surface area contributed by atoms with Crippen LogP contribution in [0.3, 0.4) is 0 Å². The number of carbonyl (C=O) groups is 1. The van der Waals surface area contributed by atoms with Crippen LogP contribution in [0, 0.1) is 0 Å². The highest BCUT2D eigenvalue weighted by molar-refractivity contribution is 5.90. The van der Waals surface area contributed by atoms with Gasteiger partial charge in [-0.3, -0.25) is 0 Å². The normalized spacial score (nSPS) is 10.1. The first kappa shape index (κ1) is 11.7. The maximum absolute atomic E-state index is 11.1. The molecule has 4 N–H and O–H groups in total. The molecule has 0 aliphatic carbocycles. The van der Waals surface area contributed by atoms with Crippen LogP contribution >= 0.6 is 0 Å². The van der Waals surface area contributed by atoms with Gasteiger partial charge in [-0.2, -0.15) is 5.10 Å². The summed E-state index contributed by atoms with van der Waals surface area (Å²) in [5.74, 6) is -0.491. The van der Waals surface area contributed by atoms with Crippen molar-refractivity contribution < 1.29 is 9.53 Å². The minimum absolute atomic E-state index is 0.109. The van der Waals surface area contributed by atoms with Crippen LogP contribution in [0.5, 0.6) is 0 Å². The molecular weight excluding hydrogens is 208 g/mol. The molecule has 0 unspecified atom stereocenters. The topological polar surface area (TPSA) is 103 Å². The Morgan fingerprint density at radius 2 is 1.94 bits per heavy atom. The molecular formula is C10H12N4O2. The van der Waals surface area contributed by atoms with E-state index < -0.39 is 0 Å². The van der Waals surface area contributed by atoms with Crippen molar-refractivity contribution in [2.45, 2.75) is 0 Å². The van der Waals surface area contributed by atoms with E-state index in [0.717, 1.165) is 5.56 Å². The predicted molar refractivity (Wildman–Crippen MR) is 61.2 cm³/mol. The maximum atomic E-state index is 11.1. The fourth-order valence-corrected chi connectivity index (χ4v) is 0.985. The van der Waals surface area contributed by atoms with Crippen LogP contribution in [0.1, 0.15) is 15.9 Å². The smallest absolute Gasteiger partial charge is 0.337 e. The highest BCUT2D eigenvalue weighted by atomic mass is 16.5. The average Bonchev–Trinajstić information content (AvgIpc) is 2.28. The van der Waals surface area contributed by atoms with Gasteiger partial charge in [0.1, 0.15) is 0 Å². The lowest BCUT2D eigenvalue weighted by molar-refractivity contribution is 0.0601. The molecule has 0 aliphatic heterocycles. The SMILES string of the molecule is COC(=O)c1ccc(/C=N/N=C(N)N)cc1. The minimum atomic E-state index is -0.382. The van der Waals surface area contributed by atoms with Gasteiger partial charge >= 0.3 is 5.97 Å². The highest BCUT2D eigenvalue weighted by Gasteiger charge is 2.02. The molecule has 1 rings (SSSR count). The number of rotatable bonds is 3. The van der Waals surface area contributed by atoms with Crippen molar-refractivity contribution in [3.63, 3.8) is 0 Å². The Morgan fingerprint density at radius 1 is 1.31 bits per heavy atom. The summed E-state index contributed by atoms with van der Waals surface area (Å²) in [7, 11) is 1.33. The molecule has 1 aromatic rings. The summed E-state index contributed by atoms with van der Waals surface area (Å²) >= 11 is 0. The zero-order valence-corrected chi connectivity index (χ0v) is 8.75. The van der Waals surface area contributed by atoms with Gasteiger partial charge in [-0.1, -0.05) is 12.1 Å². The number of esters is 1. The molecule has 6 nitrogen and oxygen atoms in total. The van der Waals surface area contributed by atoms with Gasteiger partial charge in [-0.15, -0.1) is 5.10 Å². The second-order valence-corrected chi connectivity index (χ2v) is 2.88. The maximum Gasteiger partial charge on any atom is 0.337 e. The largest absolute Gasteiger partial charge is 0.465 e. The minimum Gasteiger partial charge on any atom is -0.465 e. The molecule has 0 heterocycles. The molecule has 0 amide bonds. The van der Waals surface area contributed by atoms with Crippen molar-refractivity contribution >= 4 is 18.1 Å². The fourth-order valence-electron chi connectivity index (χ4n) is 0.985. The molecule has 0 fully saturated rings. The van der Waals surface area contributed by atoms with Crippen molar-refractivity contribution in [1.82, 2.24) is 0 Å². The number of guanidine groups is 1. The van der Waals surface area contributed by atoms with E-state index in [4.69, 9.17) is 11.5 Å².